The van der Waals surface area contributed by atoms with Crippen LogP contribution in [0.2, 0.25) is 0 Å². The highest BCUT2D eigenvalue weighted by molar-refractivity contribution is 6.10. The van der Waals surface area contributed by atoms with E-state index in [9.17, 15) is 19.2 Å². The molecule has 8 nitrogen and oxygen atoms in total. The molecule has 0 radical (unpaired) electrons. The number of imide groups is 1. The number of anilines is 1. The van der Waals surface area contributed by atoms with Crippen LogP contribution >= 0.6 is 0 Å². The summed E-state index contributed by atoms with van der Waals surface area (Å²) in [5.41, 5.74) is 0.417. The number of amides is 4. The molecule has 1 fully saturated rings. The maximum absolute atomic E-state index is 12.9. The molecule has 1 aliphatic rings. The molecular weight excluding hydrogens is 398 g/mol. The van der Waals surface area contributed by atoms with Crippen molar-refractivity contribution in [3.05, 3.63) is 65.7 Å². The van der Waals surface area contributed by atoms with E-state index < -0.39 is 35.9 Å². The number of carbonyl (C=O) groups is 4. The number of hydrogen-bond donors (Lipinski definition) is 2. The van der Waals surface area contributed by atoms with Gasteiger partial charge in [-0.15, -0.1) is 0 Å². The average Bonchev–Trinajstić information content (AvgIpc) is 2.97. The van der Waals surface area contributed by atoms with E-state index in [4.69, 9.17) is 4.74 Å². The Morgan fingerprint density at radius 3 is 2.45 bits per heavy atom. The Bertz CT molecular complexity index is 992. The van der Waals surface area contributed by atoms with Gasteiger partial charge in [0.25, 0.3) is 5.91 Å². The molecule has 31 heavy (non-hydrogen) atoms. The van der Waals surface area contributed by atoms with Crippen LogP contribution in [-0.2, 0) is 20.7 Å². The fourth-order valence-corrected chi connectivity index (χ4v) is 3.41. The summed E-state index contributed by atoms with van der Waals surface area (Å²) >= 11 is 0. The highest BCUT2D eigenvalue weighted by Gasteiger charge is 2.47. The first kappa shape index (κ1) is 22.0. The van der Waals surface area contributed by atoms with Crippen molar-refractivity contribution in [2.45, 2.75) is 32.2 Å². The van der Waals surface area contributed by atoms with E-state index in [1.54, 1.807) is 32.0 Å². The third kappa shape index (κ3) is 5.09. The van der Waals surface area contributed by atoms with Crippen molar-refractivity contribution in [1.82, 2.24) is 10.2 Å². The SMILES string of the molecule is CCOC(=O)c1ccccc1NC(=O)CN1C(=O)N[C@](C)(CCc2ccccc2)C1=O. The van der Waals surface area contributed by atoms with Crippen LogP contribution in [0.15, 0.2) is 54.6 Å². The lowest BCUT2D eigenvalue weighted by atomic mass is 9.93. The normalized spacial score (nSPS) is 17.9. The molecule has 4 amide bonds. The van der Waals surface area contributed by atoms with Gasteiger partial charge in [0.2, 0.25) is 5.91 Å². The molecule has 162 valence electrons. The van der Waals surface area contributed by atoms with Crippen LogP contribution in [0.3, 0.4) is 0 Å². The molecule has 2 aromatic rings. The highest BCUT2D eigenvalue weighted by atomic mass is 16.5. The van der Waals surface area contributed by atoms with E-state index in [2.05, 4.69) is 10.6 Å². The summed E-state index contributed by atoms with van der Waals surface area (Å²) < 4.78 is 4.99. The second kappa shape index (κ2) is 9.42. The largest absolute Gasteiger partial charge is 0.462 e. The van der Waals surface area contributed by atoms with Crippen molar-refractivity contribution in [3.8, 4) is 0 Å². The van der Waals surface area contributed by atoms with Gasteiger partial charge in [-0.25, -0.2) is 9.59 Å². The predicted octanol–water partition coefficient (Wildman–Crippen LogP) is 2.75. The lowest BCUT2D eigenvalue weighted by Crippen LogP contribution is -2.45. The maximum atomic E-state index is 12.9. The minimum absolute atomic E-state index is 0.197. The fourth-order valence-electron chi connectivity index (χ4n) is 3.41. The van der Waals surface area contributed by atoms with E-state index >= 15 is 0 Å². The first-order chi connectivity index (χ1) is 14.8. The lowest BCUT2D eigenvalue weighted by Gasteiger charge is -2.21. The Morgan fingerprint density at radius 1 is 1.06 bits per heavy atom. The molecule has 1 atom stereocenters. The number of para-hydroxylation sites is 1. The van der Waals surface area contributed by atoms with Crippen molar-refractivity contribution >= 4 is 29.5 Å². The molecule has 0 aliphatic carbocycles. The van der Waals surface area contributed by atoms with Crippen molar-refractivity contribution in [3.63, 3.8) is 0 Å². The van der Waals surface area contributed by atoms with E-state index in [-0.39, 0.29) is 17.9 Å². The van der Waals surface area contributed by atoms with Gasteiger partial charge >= 0.3 is 12.0 Å². The Labute approximate surface area is 180 Å². The monoisotopic (exact) mass is 423 g/mol. The van der Waals surface area contributed by atoms with E-state index in [1.807, 2.05) is 30.3 Å². The Balaban J connectivity index is 1.65. The molecule has 2 aromatic carbocycles. The second-order valence-electron chi connectivity index (χ2n) is 7.45. The van der Waals surface area contributed by atoms with Crippen LogP contribution in [0.4, 0.5) is 10.5 Å². The first-order valence-corrected chi connectivity index (χ1v) is 10.1. The van der Waals surface area contributed by atoms with Gasteiger partial charge in [0.1, 0.15) is 12.1 Å². The van der Waals surface area contributed by atoms with Gasteiger partial charge in [0, 0.05) is 0 Å². The predicted molar refractivity (Wildman–Crippen MR) is 114 cm³/mol. The molecule has 0 bridgehead atoms. The third-order valence-corrected chi connectivity index (χ3v) is 5.10. The number of nitrogens with one attached hydrogen (secondary N) is 2. The zero-order valence-electron chi connectivity index (χ0n) is 17.5. The number of carbonyl (C=O) groups excluding carboxylic acids is 4. The molecule has 3 rings (SSSR count). The van der Waals surface area contributed by atoms with Gasteiger partial charge in [-0.05, 0) is 44.4 Å². The number of nitrogens with zero attached hydrogens (tertiary/aromatic N) is 1. The minimum Gasteiger partial charge on any atom is -0.462 e. The number of hydrogen-bond acceptors (Lipinski definition) is 5. The summed E-state index contributed by atoms with van der Waals surface area (Å²) in [7, 11) is 0. The standard InChI is InChI=1S/C23H25N3O5/c1-3-31-20(28)17-11-7-8-12-18(17)24-19(27)15-26-21(29)23(2,25-22(26)30)14-13-16-9-5-4-6-10-16/h4-12H,3,13-15H2,1-2H3,(H,24,27)(H,25,30)/t23-/m1/s1. The van der Waals surface area contributed by atoms with Gasteiger partial charge in [-0.3, -0.25) is 14.5 Å². The quantitative estimate of drug-likeness (QED) is 0.502. The number of rotatable bonds is 8. The van der Waals surface area contributed by atoms with Gasteiger partial charge in [0.15, 0.2) is 0 Å². The zero-order chi connectivity index (χ0) is 22.4. The van der Waals surface area contributed by atoms with Crippen LogP contribution in [0.1, 0.15) is 36.2 Å². The van der Waals surface area contributed by atoms with Crippen molar-refractivity contribution in [1.29, 1.82) is 0 Å². The van der Waals surface area contributed by atoms with Gasteiger partial charge < -0.3 is 15.4 Å². The number of aryl methyl sites for hydroxylation is 1. The van der Waals surface area contributed by atoms with Gasteiger partial charge in [0.05, 0.1) is 17.9 Å². The first-order valence-electron chi connectivity index (χ1n) is 10.1. The zero-order valence-corrected chi connectivity index (χ0v) is 17.5. The molecule has 1 heterocycles. The van der Waals surface area contributed by atoms with Gasteiger partial charge in [-0.2, -0.15) is 0 Å². The number of esters is 1. The Kier molecular flexibility index (Phi) is 6.69. The smallest absolute Gasteiger partial charge is 0.340 e. The summed E-state index contributed by atoms with van der Waals surface area (Å²) in [6, 6.07) is 15.4. The molecule has 1 saturated heterocycles. The topological polar surface area (TPSA) is 105 Å². The van der Waals surface area contributed by atoms with Crippen molar-refractivity contribution in [2.75, 3.05) is 18.5 Å². The number of benzene rings is 2. The van der Waals surface area contributed by atoms with Crippen LogP contribution in [0, 0.1) is 0 Å². The summed E-state index contributed by atoms with van der Waals surface area (Å²) in [6.07, 6.45) is 1.02. The molecule has 8 heteroatoms. The molecule has 2 N–H and O–H groups in total. The Hall–Kier alpha value is -3.68. The maximum Gasteiger partial charge on any atom is 0.340 e. The second-order valence-corrected chi connectivity index (χ2v) is 7.45. The molecule has 0 aromatic heterocycles. The number of urea groups is 1. The van der Waals surface area contributed by atoms with Gasteiger partial charge in [-0.1, -0.05) is 42.5 Å². The van der Waals surface area contributed by atoms with Crippen LogP contribution in [0.5, 0.6) is 0 Å². The van der Waals surface area contributed by atoms with Crippen LogP contribution in [-0.4, -0.2) is 47.4 Å². The van der Waals surface area contributed by atoms with Crippen molar-refractivity contribution < 1.29 is 23.9 Å². The van der Waals surface area contributed by atoms with E-state index in [0.29, 0.717) is 12.8 Å². The summed E-state index contributed by atoms with van der Waals surface area (Å²) in [6.45, 7) is 3.09. The average molecular weight is 423 g/mol. The van der Waals surface area contributed by atoms with E-state index in [1.165, 1.54) is 6.07 Å². The Morgan fingerprint density at radius 2 is 1.74 bits per heavy atom. The lowest BCUT2D eigenvalue weighted by molar-refractivity contribution is -0.133. The molecule has 1 aliphatic heterocycles. The summed E-state index contributed by atoms with van der Waals surface area (Å²) in [5, 5.41) is 5.29. The van der Waals surface area contributed by atoms with Crippen LogP contribution < -0.4 is 10.6 Å². The number of ether oxygens (including phenoxy) is 1. The highest BCUT2D eigenvalue weighted by Crippen LogP contribution is 2.24. The van der Waals surface area contributed by atoms with Crippen LogP contribution in [0.25, 0.3) is 0 Å². The molecular formula is C23H25N3O5. The molecule has 0 unspecified atom stereocenters. The minimum atomic E-state index is -1.09. The fraction of sp³-hybridized carbons (Fsp3) is 0.304. The summed E-state index contributed by atoms with van der Waals surface area (Å²) in [4.78, 5) is 50.8. The van der Waals surface area contributed by atoms with E-state index in [0.717, 1.165) is 10.5 Å². The van der Waals surface area contributed by atoms with Crippen molar-refractivity contribution in [2.24, 2.45) is 0 Å². The molecule has 0 spiro atoms. The summed E-state index contributed by atoms with van der Waals surface area (Å²) in [5.74, 6) is -1.61. The third-order valence-electron chi connectivity index (χ3n) is 5.10. The molecule has 0 saturated carbocycles.